The lowest BCUT2D eigenvalue weighted by atomic mass is 10.1. The van der Waals surface area contributed by atoms with Crippen LogP contribution in [0.15, 0.2) is 17.0 Å². The molecular weight excluding hydrogens is 302 g/mol. The molecule has 0 bridgehead atoms. The van der Waals surface area contributed by atoms with Crippen LogP contribution in [0.1, 0.15) is 25.0 Å². The van der Waals surface area contributed by atoms with E-state index < -0.39 is 9.05 Å². The minimum atomic E-state index is -3.78. The molecule has 112 valence electrons. The van der Waals surface area contributed by atoms with Gasteiger partial charge in [-0.2, -0.15) is 0 Å². The summed E-state index contributed by atoms with van der Waals surface area (Å²) in [4.78, 5) is 11.5. The van der Waals surface area contributed by atoms with Gasteiger partial charge >= 0.3 is 0 Å². The van der Waals surface area contributed by atoms with Crippen LogP contribution < -0.4 is 10.1 Å². The Hall–Kier alpha value is -1.27. The quantitative estimate of drug-likeness (QED) is 0.844. The van der Waals surface area contributed by atoms with Crippen molar-refractivity contribution in [1.29, 1.82) is 0 Å². The molecule has 0 aliphatic carbocycles. The number of ether oxygens (including phenoxy) is 1. The highest BCUT2D eigenvalue weighted by molar-refractivity contribution is 8.13. The second-order valence-electron chi connectivity index (χ2n) is 4.76. The highest BCUT2D eigenvalue weighted by Gasteiger charge is 2.17. The van der Waals surface area contributed by atoms with Crippen LogP contribution in [0.5, 0.6) is 5.75 Å². The standard InChI is InChI=1S/C13H18ClNO4S/c1-8(2)15-13(16)7-19-11-5-6-12(20(14,17)18)10(4)9(11)3/h5-6,8H,7H2,1-4H3,(H,15,16). The summed E-state index contributed by atoms with van der Waals surface area (Å²) in [5.74, 6) is 0.233. The van der Waals surface area contributed by atoms with E-state index in [-0.39, 0.29) is 23.5 Å². The minimum Gasteiger partial charge on any atom is -0.483 e. The number of amides is 1. The van der Waals surface area contributed by atoms with Crippen molar-refractivity contribution in [3.05, 3.63) is 23.3 Å². The summed E-state index contributed by atoms with van der Waals surface area (Å²) >= 11 is 0. The predicted octanol–water partition coefficient (Wildman–Crippen LogP) is 2.13. The summed E-state index contributed by atoms with van der Waals surface area (Å²) in [7, 11) is 1.56. The van der Waals surface area contributed by atoms with Crippen molar-refractivity contribution in [2.24, 2.45) is 0 Å². The van der Waals surface area contributed by atoms with Gasteiger partial charge in [0.25, 0.3) is 15.0 Å². The van der Waals surface area contributed by atoms with E-state index in [4.69, 9.17) is 15.4 Å². The Morgan fingerprint density at radius 3 is 2.40 bits per heavy atom. The number of benzene rings is 1. The van der Waals surface area contributed by atoms with Crippen LogP contribution in [0.2, 0.25) is 0 Å². The molecule has 0 unspecified atom stereocenters. The van der Waals surface area contributed by atoms with E-state index in [1.165, 1.54) is 12.1 Å². The number of rotatable bonds is 5. The van der Waals surface area contributed by atoms with Crippen LogP contribution in [-0.2, 0) is 13.8 Å². The molecule has 1 aromatic carbocycles. The van der Waals surface area contributed by atoms with Crippen LogP contribution in [0.3, 0.4) is 0 Å². The second kappa shape index (κ2) is 6.45. The van der Waals surface area contributed by atoms with Gasteiger partial charge in [-0.05, 0) is 51.0 Å². The maximum atomic E-state index is 11.5. The summed E-state index contributed by atoms with van der Waals surface area (Å²) in [5.41, 5.74) is 1.16. The predicted molar refractivity (Wildman–Crippen MR) is 77.7 cm³/mol. The molecule has 0 atom stereocenters. The topological polar surface area (TPSA) is 72.5 Å². The summed E-state index contributed by atoms with van der Waals surface area (Å²) < 4.78 is 28.1. The van der Waals surface area contributed by atoms with Crippen LogP contribution in [0.4, 0.5) is 0 Å². The van der Waals surface area contributed by atoms with Gasteiger partial charge in [-0.1, -0.05) is 0 Å². The van der Waals surface area contributed by atoms with Gasteiger partial charge in [0.05, 0.1) is 4.90 Å². The van der Waals surface area contributed by atoms with Crippen LogP contribution in [0.25, 0.3) is 0 Å². The summed E-state index contributed by atoms with van der Waals surface area (Å²) in [5, 5.41) is 2.70. The number of nitrogens with one attached hydrogen (secondary N) is 1. The number of hydrogen-bond donors (Lipinski definition) is 1. The van der Waals surface area contributed by atoms with E-state index >= 15 is 0 Å². The molecule has 0 radical (unpaired) electrons. The fraction of sp³-hybridized carbons (Fsp3) is 0.462. The molecule has 0 fully saturated rings. The summed E-state index contributed by atoms with van der Waals surface area (Å²) in [6, 6.07) is 2.92. The number of carbonyl (C=O) groups excluding carboxylic acids is 1. The highest BCUT2D eigenvalue weighted by Crippen LogP contribution is 2.28. The molecule has 5 nitrogen and oxygen atoms in total. The average Bonchev–Trinajstić information content (AvgIpc) is 2.28. The van der Waals surface area contributed by atoms with E-state index in [2.05, 4.69) is 5.32 Å². The molecule has 0 spiro atoms. The lowest BCUT2D eigenvalue weighted by Crippen LogP contribution is -2.34. The highest BCUT2D eigenvalue weighted by atomic mass is 35.7. The normalized spacial score (nSPS) is 11.5. The van der Waals surface area contributed by atoms with E-state index in [0.717, 1.165) is 0 Å². The number of halogens is 1. The third-order valence-electron chi connectivity index (χ3n) is 2.76. The maximum absolute atomic E-state index is 11.5. The molecule has 20 heavy (non-hydrogen) atoms. The van der Waals surface area contributed by atoms with Crippen molar-refractivity contribution < 1.29 is 17.9 Å². The SMILES string of the molecule is Cc1c(OCC(=O)NC(C)C)ccc(S(=O)(=O)Cl)c1C. The fourth-order valence-electron chi connectivity index (χ4n) is 1.70. The maximum Gasteiger partial charge on any atom is 0.261 e. The summed E-state index contributed by atoms with van der Waals surface area (Å²) in [6.45, 7) is 6.95. The van der Waals surface area contributed by atoms with Gasteiger partial charge in [-0.3, -0.25) is 4.79 Å². The molecule has 7 heteroatoms. The van der Waals surface area contributed by atoms with Crippen molar-refractivity contribution in [3.8, 4) is 5.75 Å². The average molecular weight is 320 g/mol. The van der Waals surface area contributed by atoms with Gasteiger partial charge in [-0.25, -0.2) is 8.42 Å². The first-order chi connectivity index (χ1) is 9.12. The Bertz CT molecular complexity index is 611. The number of hydrogen-bond acceptors (Lipinski definition) is 4. The van der Waals surface area contributed by atoms with Gasteiger partial charge < -0.3 is 10.1 Å². The van der Waals surface area contributed by atoms with Crippen molar-refractivity contribution in [2.45, 2.75) is 38.6 Å². The van der Waals surface area contributed by atoms with E-state index in [1.807, 2.05) is 13.8 Å². The third-order valence-corrected chi connectivity index (χ3v) is 4.23. The largest absolute Gasteiger partial charge is 0.483 e. The molecule has 0 saturated heterocycles. The van der Waals surface area contributed by atoms with Crippen molar-refractivity contribution in [3.63, 3.8) is 0 Å². The van der Waals surface area contributed by atoms with Crippen molar-refractivity contribution in [2.75, 3.05) is 6.61 Å². The molecule has 0 aliphatic rings. The molecule has 1 amide bonds. The van der Waals surface area contributed by atoms with Gasteiger partial charge in [0, 0.05) is 16.7 Å². The smallest absolute Gasteiger partial charge is 0.261 e. The van der Waals surface area contributed by atoms with E-state index in [1.54, 1.807) is 13.8 Å². The first-order valence-corrected chi connectivity index (χ1v) is 8.41. The lowest BCUT2D eigenvalue weighted by molar-refractivity contribution is -0.123. The lowest BCUT2D eigenvalue weighted by Gasteiger charge is -2.14. The van der Waals surface area contributed by atoms with Crippen molar-refractivity contribution >= 4 is 25.6 Å². The molecule has 0 saturated carbocycles. The number of carbonyl (C=O) groups is 1. The van der Waals surface area contributed by atoms with Crippen molar-refractivity contribution in [1.82, 2.24) is 5.32 Å². The Morgan fingerprint density at radius 1 is 1.30 bits per heavy atom. The van der Waals surface area contributed by atoms with Crippen LogP contribution in [-0.4, -0.2) is 27.0 Å². The molecule has 1 rings (SSSR count). The molecule has 1 N–H and O–H groups in total. The van der Waals surface area contributed by atoms with Gasteiger partial charge in [-0.15, -0.1) is 0 Å². The minimum absolute atomic E-state index is 0.0395. The zero-order chi connectivity index (χ0) is 15.5. The Labute approximate surface area is 123 Å². The van der Waals surface area contributed by atoms with Crippen LogP contribution in [0, 0.1) is 13.8 Å². The molecule has 1 aromatic rings. The molecule has 0 heterocycles. The second-order valence-corrected chi connectivity index (χ2v) is 7.29. The van der Waals surface area contributed by atoms with Gasteiger partial charge in [0.1, 0.15) is 5.75 Å². The molecular formula is C13H18ClNO4S. The Balaban J connectivity index is 2.89. The first-order valence-electron chi connectivity index (χ1n) is 6.10. The fourth-order valence-corrected chi connectivity index (χ4v) is 2.95. The summed E-state index contributed by atoms with van der Waals surface area (Å²) in [6.07, 6.45) is 0. The van der Waals surface area contributed by atoms with E-state index in [9.17, 15) is 13.2 Å². The van der Waals surface area contributed by atoms with Crippen LogP contribution >= 0.6 is 10.7 Å². The zero-order valence-corrected chi connectivity index (χ0v) is 13.4. The monoisotopic (exact) mass is 319 g/mol. The molecule has 0 aliphatic heterocycles. The van der Waals surface area contributed by atoms with Gasteiger partial charge in [0.2, 0.25) is 0 Å². The first kappa shape index (κ1) is 16.8. The third kappa shape index (κ3) is 4.38. The molecule has 0 aromatic heterocycles. The Morgan fingerprint density at radius 2 is 1.90 bits per heavy atom. The van der Waals surface area contributed by atoms with Gasteiger partial charge in [0.15, 0.2) is 6.61 Å². The zero-order valence-electron chi connectivity index (χ0n) is 11.9. The Kier molecular flexibility index (Phi) is 5.42. The van der Waals surface area contributed by atoms with E-state index in [0.29, 0.717) is 16.9 Å².